The zero-order chi connectivity index (χ0) is 16.4. The van der Waals surface area contributed by atoms with E-state index >= 15 is 0 Å². The number of nitrogens with one attached hydrogen (secondary N) is 1. The first-order valence-electron chi connectivity index (χ1n) is 7.54. The number of amides is 1. The lowest BCUT2D eigenvalue weighted by atomic mass is 10.2. The van der Waals surface area contributed by atoms with Gasteiger partial charge in [-0.1, -0.05) is 18.2 Å². The highest BCUT2D eigenvalue weighted by Crippen LogP contribution is 2.27. The molecule has 0 saturated heterocycles. The summed E-state index contributed by atoms with van der Waals surface area (Å²) < 4.78 is 28.2. The van der Waals surface area contributed by atoms with Crippen molar-refractivity contribution in [2.45, 2.75) is 25.2 Å². The van der Waals surface area contributed by atoms with Crippen LogP contribution in [0.4, 0.5) is 8.78 Å². The molecule has 130 valence electrons. The van der Waals surface area contributed by atoms with E-state index in [1.807, 2.05) is 30.3 Å². The van der Waals surface area contributed by atoms with Crippen LogP contribution >= 0.6 is 12.4 Å². The number of nitrogens with zero attached hydrogens (tertiary/aromatic N) is 2. The van der Waals surface area contributed by atoms with E-state index in [2.05, 4.69) is 10.4 Å². The Morgan fingerprint density at radius 3 is 2.67 bits per heavy atom. The maximum atomic E-state index is 13.2. The molecule has 0 bridgehead atoms. The minimum absolute atomic E-state index is 0. The molecule has 1 heterocycles. The van der Waals surface area contributed by atoms with Crippen molar-refractivity contribution in [1.82, 2.24) is 15.1 Å². The Morgan fingerprint density at radius 2 is 2.00 bits per heavy atom. The molecule has 0 spiro atoms. The zero-order valence-electron chi connectivity index (χ0n) is 13.0. The summed E-state index contributed by atoms with van der Waals surface area (Å²) in [7, 11) is 0. The summed E-state index contributed by atoms with van der Waals surface area (Å²) in [5, 5.41) is 6.60. The number of hydrogen-bond donors (Lipinski definition) is 2. The first-order chi connectivity index (χ1) is 11.0. The summed E-state index contributed by atoms with van der Waals surface area (Å²) in [5.41, 5.74) is 7.90. The molecule has 24 heavy (non-hydrogen) atoms. The molecule has 0 atom stereocenters. The maximum Gasteiger partial charge on any atom is 0.277 e. The van der Waals surface area contributed by atoms with Crippen molar-refractivity contribution in [2.24, 2.45) is 5.73 Å². The third kappa shape index (κ3) is 3.57. The molecule has 0 radical (unpaired) electrons. The highest BCUT2D eigenvalue weighted by atomic mass is 35.5. The lowest BCUT2D eigenvalue weighted by molar-refractivity contribution is 0.0118. The van der Waals surface area contributed by atoms with Gasteiger partial charge < -0.3 is 11.1 Å². The van der Waals surface area contributed by atoms with Crippen LogP contribution in [0.1, 0.15) is 28.2 Å². The Bertz CT molecular complexity index is 718. The van der Waals surface area contributed by atoms with Gasteiger partial charge in [0, 0.05) is 11.3 Å². The van der Waals surface area contributed by atoms with E-state index in [1.54, 1.807) is 4.68 Å². The second-order valence-electron chi connectivity index (χ2n) is 5.62. The predicted octanol–water partition coefficient (Wildman–Crippen LogP) is 2.11. The van der Waals surface area contributed by atoms with Gasteiger partial charge in [0.05, 0.1) is 18.8 Å². The van der Waals surface area contributed by atoms with E-state index in [-0.39, 0.29) is 18.1 Å². The number of fused-ring (bicyclic) bond motifs is 1. The van der Waals surface area contributed by atoms with Crippen molar-refractivity contribution in [2.75, 3.05) is 13.1 Å². The fourth-order valence-corrected chi connectivity index (χ4v) is 2.77. The van der Waals surface area contributed by atoms with Gasteiger partial charge in [-0.05, 0) is 31.4 Å². The van der Waals surface area contributed by atoms with Crippen LogP contribution in [-0.4, -0.2) is 34.7 Å². The van der Waals surface area contributed by atoms with Gasteiger partial charge in [0.25, 0.3) is 11.8 Å². The molecule has 1 aromatic carbocycles. The lowest BCUT2D eigenvalue weighted by Crippen LogP contribution is -2.41. The third-order valence-electron chi connectivity index (χ3n) is 3.95. The van der Waals surface area contributed by atoms with Gasteiger partial charge in [-0.3, -0.25) is 4.79 Å². The van der Waals surface area contributed by atoms with Crippen molar-refractivity contribution in [3.8, 4) is 5.69 Å². The summed E-state index contributed by atoms with van der Waals surface area (Å²) >= 11 is 0. The Morgan fingerprint density at radius 1 is 1.29 bits per heavy atom. The molecule has 5 nitrogen and oxygen atoms in total. The summed E-state index contributed by atoms with van der Waals surface area (Å²) in [4.78, 5) is 12.3. The minimum Gasteiger partial charge on any atom is -0.345 e. The standard InChI is InChI=1S/C16H18F2N4O.ClH/c17-16(18,9-19)10-20-15(23)14-12-7-4-8-13(12)22(21-14)11-5-2-1-3-6-11;/h1-3,5-6H,4,7-10,19H2,(H,20,23);1H. The quantitative estimate of drug-likeness (QED) is 0.861. The SMILES string of the molecule is Cl.NCC(F)(F)CNC(=O)c1nn(-c2ccccc2)c2c1CCC2. The monoisotopic (exact) mass is 356 g/mol. The first-order valence-corrected chi connectivity index (χ1v) is 7.54. The van der Waals surface area contributed by atoms with Gasteiger partial charge in [0.1, 0.15) is 0 Å². The summed E-state index contributed by atoms with van der Waals surface area (Å²) in [6.45, 7) is -1.58. The Balaban J connectivity index is 0.00000208. The number of halogens is 3. The molecule has 0 unspecified atom stereocenters. The number of hydrogen-bond acceptors (Lipinski definition) is 3. The molecular formula is C16H19ClF2N4O. The van der Waals surface area contributed by atoms with Crippen molar-refractivity contribution >= 4 is 18.3 Å². The average Bonchev–Trinajstić information content (AvgIpc) is 3.16. The van der Waals surface area contributed by atoms with Crippen LogP contribution in [0.2, 0.25) is 0 Å². The lowest BCUT2D eigenvalue weighted by Gasteiger charge is -2.14. The van der Waals surface area contributed by atoms with Crippen LogP contribution < -0.4 is 11.1 Å². The van der Waals surface area contributed by atoms with Gasteiger partial charge in [-0.2, -0.15) is 5.10 Å². The van der Waals surface area contributed by atoms with Gasteiger partial charge in [-0.25, -0.2) is 13.5 Å². The topological polar surface area (TPSA) is 72.9 Å². The van der Waals surface area contributed by atoms with Crippen molar-refractivity contribution in [3.63, 3.8) is 0 Å². The van der Waals surface area contributed by atoms with Crippen molar-refractivity contribution < 1.29 is 13.6 Å². The number of carbonyl (C=O) groups excluding carboxylic acids is 1. The Labute approximate surface area is 144 Å². The molecule has 0 fully saturated rings. The molecule has 3 N–H and O–H groups in total. The van der Waals surface area contributed by atoms with E-state index in [0.29, 0.717) is 0 Å². The fourth-order valence-electron chi connectivity index (χ4n) is 2.77. The average molecular weight is 357 g/mol. The highest BCUT2D eigenvalue weighted by molar-refractivity contribution is 5.94. The van der Waals surface area contributed by atoms with Crippen LogP contribution in [0.25, 0.3) is 5.69 Å². The van der Waals surface area contributed by atoms with Gasteiger partial charge in [-0.15, -0.1) is 12.4 Å². The Hall–Kier alpha value is -1.99. The summed E-state index contributed by atoms with van der Waals surface area (Å²) in [6.07, 6.45) is 2.49. The van der Waals surface area contributed by atoms with Gasteiger partial charge in [0.2, 0.25) is 0 Å². The van der Waals surface area contributed by atoms with E-state index in [4.69, 9.17) is 5.73 Å². The largest absolute Gasteiger partial charge is 0.345 e. The molecule has 1 aromatic heterocycles. The molecule has 3 rings (SSSR count). The van der Waals surface area contributed by atoms with Gasteiger partial charge in [0.15, 0.2) is 5.69 Å². The van der Waals surface area contributed by atoms with Crippen molar-refractivity contribution in [1.29, 1.82) is 0 Å². The fraction of sp³-hybridized carbons (Fsp3) is 0.375. The number of aromatic nitrogens is 2. The molecule has 1 aliphatic rings. The van der Waals surface area contributed by atoms with Crippen LogP contribution in [0.5, 0.6) is 0 Å². The number of carbonyl (C=O) groups is 1. The van der Waals surface area contributed by atoms with E-state index in [9.17, 15) is 13.6 Å². The normalized spacial score (nSPS) is 13.3. The van der Waals surface area contributed by atoms with E-state index in [0.717, 1.165) is 36.2 Å². The van der Waals surface area contributed by atoms with E-state index in [1.165, 1.54) is 0 Å². The highest BCUT2D eigenvalue weighted by Gasteiger charge is 2.30. The van der Waals surface area contributed by atoms with Gasteiger partial charge >= 0.3 is 0 Å². The van der Waals surface area contributed by atoms with Crippen molar-refractivity contribution in [3.05, 3.63) is 47.3 Å². The summed E-state index contributed by atoms with van der Waals surface area (Å²) in [5.74, 6) is -3.69. The first kappa shape index (κ1) is 18.4. The third-order valence-corrected chi connectivity index (χ3v) is 3.95. The smallest absolute Gasteiger partial charge is 0.277 e. The second kappa shape index (κ2) is 7.27. The number of nitrogens with two attached hydrogens (primary N) is 1. The zero-order valence-corrected chi connectivity index (χ0v) is 13.8. The molecule has 1 amide bonds. The molecular weight excluding hydrogens is 338 g/mol. The molecule has 2 aromatic rings. The predicted molar refractivity (Wildman–Crippen MR) is 89.2 cm³/mol. The van der Waals surface area contributed by atoms with Crippen LogP contribution in [0.15, 0.2) is 30.3 Å². The molecule has 0 aliphatic heterocycles. The Kier molecular flexibility index (Phi) is 5.56. The second-order valence-corrected chi connectivity index (χ2v) is 5.62. The van der Waals surface area contributed by atoms with Crippen LogP contribution in [-0.2, 0) is 12.8 Å². The molecule has 1 aliphatic carbocycles. The number of rotatable bonds is 5. The number of benzene rings is 1. The van der Waals surface area contributed by atoms with Crippen LogP contribution in [0, 0.1) is 0 Å². The summed E-state index contributed by atoms with van der Waals surface area (Å²) in [6, 6.07) is 9.47. The molecule has 8 heteroatoms. The number of para-hydroxylation sites is 1. The molecule has 0 saturated carbocycles. The van der Waals surface area contributed by atoms with Crippen LogP contribution in [0.3, 0.4) is 0 Å². The maximum absolute atomic E-state index is 13.2. The van der Waals surface area contributed by atoms with E-state index < -0.39 is 24.9 Å². The number of alkyl halides is 2. The minimum atomic E-state index is -3.11.